The minimum Gasteiger partial charge on any atom is -0.387 e. The summed E-state index contributed by atoms with van der Waals surface area (Å²) in [6.07, 6.45) is -28.7. The summed E-state index contributed by atoms with van der Waals surface area (Å²) in [6.45, 7) is 0. The molecule has 2 saturated carbocycles. The molecule has 0 aliphatic heterocycles. The van der Waals surface area contributed by atoms with Crippen LogP contribution in [0.5, 0.6) is 0 Å². The molecule has 18 N–H and O–H groups in total. The summed E-state index contributed by atoms with van der Waals surface area (Å²) in [6, 6.07) is 0. The van der Waals surface area contributed by atoms with E-state index in [0.717, 1.165) is 0 Å². The van der Waals surface area contributed by atoms with Gasteiger partial charge in [0.05, 0.1) is 0 Å². The van der Waals surface area contributed by atoms with Crippen molar-refractivity contribution in [2.45, 2.75) is 73.2 Å². The Hall–Kier alpha value is 0.420. The fourth-order valence-corrected chi connectivity index (χ4v) is 7.35. The van der Waals surface area contributed by atoms with Crippen molar-refractivity contribution in [3.63, 3.8) is 0 Å². The normalized spacial score (nSPS) is 35.9. The summed E-state index contributed by atoms with van der Waals surface area (Å²) in [5.74, 6) is 0. The van der Waals surface area contributed by atoms with Crippen LogP contribution in [0.3, 0.4) is 0 Å². The third kappa shape index (κ3) is 15.6. The average molecular weight is 840 g/mol. The van der Waals surface area contributed by atoms with Crippen molar-refractivity contribution in [3.05, 3.63) is 0 Å². The number of hydrogen-bond donors (Lipinski definition) is 18. The van der Waals surface area contributed by atoms with Gasteiger partial charge in [0.1, 0.15) is 73.2 Å². The van der Waals surface area contributed by atoms with E-state index in [-0.39, 0.29) is 0 Å². The molecular formula is C12H30O30P6. The quantitative estimate of drug-likeness (QED) is 0.0812. The minimum atomic E-state index is -6.02. The van der Waals surface area contributed by atoms with E-state index in [2.05, 4.69) is 27.1 Å². The van der Waals surface area contributed by atoms with Crippen LogP contribution < -0.4 is 0 Å². The lowest BCUT2D eigenvalue weighted by Gasteiger charge is -2.48. The van der Waals surface area contributed by atoms with Gasteiger partial charge in [0.25, 0.3) is 0 Å². The highest BCUT2D eigenvalue weighted by Crippen LogP contribution is 2.57. The van der Waals surface area contributed by atoms with Crippen molar-refractivity contribution >= 4 is 46.9 Å². The van der Waals surface area contributed by atoms with E-state index in [4.69, 9.17) is 89.4 Å². The molecule has 0 radical (unpaired) electrons. The Bertz CT molecular complexity index is 1060. The van der Waals surface area contributed by atoms with Crippen LogP contribution in [0.25, 0.3) is 0 Å². The second kappa shape index (κ2) is 16.6. The molecule has 0 atom stereocenters. The SMILES string of the molecule is O=P(O)(O)OC1C(OP(=O)(O)O)C(OP(=O)(O)O)C(OP(=O)(O)O)C(OP(=O)(O)O)C1OP(=O)(O)O.OC1C(O)C(O)C(O)C(O)C1O. The first-order valence-electron chi connectivity index (χ1n) is 11.6. The van der Waals surface area contributed by atoms with Gasteiger partial charge in [-0.15, -0.1) is 0 Å². The fraction of sp³-hybridized carbons (Fsp3) is 1.00. The van der Waals surface area contributed by atoms with E-state index in [0.29, 0.717) is 0 Å². The lowest BCUT2D eigenvalue weighted by atomic mass is 9.85. The van der Waals surface area contributed by atoms with E-state index in [1.807, 2.05) is 0 Å². The number of hydrogen-bond acceptors (Lipinski definition) is 18. The second-order valence-corrected chi connectivity index (χ2v) is 16.5. The van der Waals surface area contributed by atoms with Gasteiger partial charge in [-0.2, -0.15) is 0 Å². The first-order chi connectivity index (χ1) is 21.0. The summed E-state index contributed by atoms with van der Waals surface area (Å²) in [4.78, 5) is 110. The van der Waals surface area contributed by atoms with Crippen LogP contribution >= 0.6 is 46.9 Å². The summed E-state index contributed by atoms with van der Waals surface area (Å²) >= 11 is 0. The molecule has 0 aromatic carbocycles. The minimum absolute atomic E-state index is 1.64. The van der Waals surface area contributed by atoms with Gasteiger partial charge < -0.3 is 89.4 Å². The van der Waals surface area contributed by atoms with Crippen molar-refractivity contribution in [1.29, 1.82) is 0 Å². The largest absolute Gasteiger partial charge is 0.470 e. The Morgan fingerprint density at radius 2 is 0.333 bits per heavy atom. The highest BCUT2D eigenvalue weighted by Gasteiger charge is 2.62. The van der Waals surface area contributed by atoms with E-state index >= 15 is 0 Å². The van der Waals surface area contributed by atoms with Crippen molar-refractivity contribution < 1.29 is 144 Å². The molecular weight excluding hydrogens is 810 g/mol. The molecule has 2 aliphatic rings. The van der Waals surface area contributed by atoms with Gasteiger partial charge in [0, 0.05) is 0 Å². The maximum Gasteiger partial charge on any atom is 0.470 e. The van der Waals surface area contributed by atoms with Crippen molar-refractivity contribution in [2.24, 2.45) is 0 Å². The Labute approximate surface area is 264 Å². The first-order valence-corrected chi connectivity index (χ1v) is 20.7. The predicted molar refractivity (Wildman–Crippen MR) is 138 cm³/mol. The number of phosphoric ester groups is 6. The molecule has 0 spiro atoms. The Morgan fingerprint density at radius 3 is 0.396 bits per heavy atom. The van der Waals surface area contributed by atoms with E-state index < -0.39 is 120 Å². The molecule has 0 amide bonds. The molecule has 2 rings (SSSR count). The van der Waals surface area contributed by atoms with Gasteiger partial charge in [-0.3, -0.25) is 27.1 Å². The summed E-state index contributed by atoms with van der Waals surface area (Å²) < 4.78 is 93.1. The zero-order valence-corrected chi connectivity index (χ0v) is 27.9. The molecule has 0 aromatic heterocycles. The standard InChI is InChI=1S/C6H18O24P6.C6H12O6/c7-31(8,9)25-1-2(26-32(10,11)12)4(28-34(16,17)18)6(30-36(22,23)24)5(29-35(19,20)21)3(1)27-33(13,14)15;7-1-2(8)4(10)6(12)5(11)3(1)9/h1-6H,(H2,7,8,9)(H2,10,11,12)(H2,13,14,15)(H2,16,17,18)(H2,19,20,21)(H2,22,23,24);1-12H. The lowest BCUT2D eigenvalue weighted by Crippen LogP contribution is -2.66. The van der Waals surface area contributed by atoms with E-state index in [9.17, 15) is 27.4 Å². The maximum atomic E-state index is 11.4. The van der Waals surface area contributed by atoms with E-state index in [1.54, 1.807) is 0 Å². The first kappa shape index (κ1) is 46.4. The van der Waals surface area contributed by atoms with Gasteiger partial charge in [-0.05, 0) is 0 Å². The topological polar surface area (TPSA) is 522 Å². The number of aliphatic hydroxyl groups excluding tert-OH is 6. The molecule has 2 aliphatic carbocycles. The summed E-state index contributed by atoms with van der Waals surface area (Å²) in [7, 11) is -36.1. The zero-order valence-electron chi connectivity index (χ0n) is 22.6. The van der Waals surface area contributed by atoms with Gasteiger partial charge in [0.15, 0.2) is 0 Å². The van der Waals surface area contributed by atoms with Gasteiger partial charge in [-0.1, -0.05) is 0 Å². The zero-order chi connectivity index (χ0) is 38.2. The smallest absolute Gasteiger partial charge is 0.387 e. The van der Waals surface area contributed by atoms with Crippen LogP contribution in [-0.2, 0) is 54.5 Å². The van der Waals surface area contributed by atoms with Crippen LogP contribution in [0, 0.1) is 0 Å². The van der Waals surface area contributed by atoms with Crippen LogP contribution in [0.4, 0.5) is 0 Å². The average Bonchev–Trinajstić information content (AvgIpc) is 2.83. The van der Waals surface area contributed by atoms with Gasteiger partial charge in [-0.25, -0.2) is 27.4 Å². The van der Waals surface area contributed by atoms with Crippen LogP contribution in [-0.4, -0.2) is 163 Å². The molecule has 0 heterocycles. The summed E-state index contributed by atoms with van der Waals surface area (Å²) in [5, 5.41) is 53.8. The fourth-order valence-electron chi connectivity index (χ4n) is 4.00. The molecule has 288 valence electrons. The van der Waals surface area contributed by atoms with Crippen molar-refractivity contribution in [3.8, 4) is 0 Å². The third-order valence-electron chi connectivity index (χ3n) is 5.60. The molecule has 0 saturated heterocycles. The highest BCUT2D eigenvalue weighted by atomic mass is 31.2. The third-order valence-corrected chi connectivity index (χ3v) is 8.70. The van der Waals surface area contributed by atoms with Crippen molar-refractivity contribution in [2.75, 3.05) is 0 Å². The maximum absolute atomic E-state index is 11.4. The Kier molecular flexibility index (Phi) is 16.1. The Balaban J connectivity index is 0.000000800. The number of phosphoric acid groups is 6. The highest BCUT2D eigenvalue weighted by molar-refractivity contribution is 7.47. The molecule has 2 fully saturated rings. The lowest BCUT2D eigenvalue weighted by molar-refractivity contribution is -0.223. The van der Waals surface area contributed by atoms with Crippen LogP contribution in [0.2, 0.25) is 0 Å². The molecule has 48 heavy (non-hydrogen) atoms. The molecule has 36 heteroatoms. The number of aliphatic hydroxyl groups is 6. The number of rotatable bonds is 12. The molecule has 0 unspecified atom stereocenters. The molecule has 30 nitrogen and oxygen atoms in total. The van der Waals surface area contributed by atoms with Gasteiger partial charge in [0.2, 0.25) is 0 Å². The summed E-state index contributed by atoms with van der Waals surface area (Å²) in [5.41, 5.74) is 0. The van der Waals surface area contributed by atoms with Crippen molar-refractivity contribution in [1.82, 2.24) is 0 Å². The van der Waals surface area contributed by atoms with Crippen LogP contribution in [0.1, 0.15) is 0 Å². The van der Waals surface area contributed by atoms with E-state index in [1.165, 1.54) is 0 Å². The van der Waals surface area contributed by atoms with Gasteiger partial charge >= 0.3 is 46.9 Å². The monoisotopic (exact) mass is 840 g/mol. The second-order valence-electron chi connectivity index (χ2n) is 9.31. The molecule has 0 aromatic rings. The predicted octanol–water partition coefficient (Wildman–Crippen LogP) is -6.97. The van der Waals surface area contributed by atoms with Crippen LogP contribution in [0.15, 0.2) is 0 Å². The Morgan fingerprint density at radius 1 is 0.250 bits per heavy atom. The molecule has 0 bridgehead atoms.